The third kappa shape index (κ3) is 4.95. The van der Waals surface area contributed by atoms with Crippen molar-refractivity contribution in [3.63, 3.8) is 0 Å². The Morgan fingerprint density at radius 2 is 1.78 bits per heavy atom. The SMILES string of the molecule is CN(Cc1cnn(-c2ccccc2)c1)C(=O)c1ccc(NS(C)(=O)=O)cc1. The molecular weight excluding hydrogens is 364 g/mol. The average molecular weight is 384 g/mol. The van der Waals surface area contributed by atoms with Crippen LogP contribution in [0.5, 0.6) is 0 Å². The van der Waals surface area contributed by atoms with Crippen LogP contribution in [0, 0.1) is 0 Å². The molecule has 8 heteroatoms. The lowest BCUT2D eigenvalue weighted by atomic mass is 10.2. The highest BCUT2D eigenvalue weighted by Crippen LogP contribution is 2.14. The number of amides is 1. The lowest BCUT2D eigenvalue weighted by Crippen LogP contribution is -2.26. The summed E-state index contributed by atoms with van der Waals surface area (Å²) in [5.41, 5.74) is 2.75. The van der Waals surface area contributed by atoms with Crippen molar-refractivity contribution in [2.75, 3.05) is 18.0 Å². The van der Waals surface area contributed by atoms with E-state index >= 15 is 0 Å². The first-order valence-corrected chi connectivity index (χ1v) is 10.1. The number of nitrogens with zero attached hydrogens (tertiary/aromatic N) is 3. The molecule has 0 aliphatic heterocycles. The molecule has 0 unspecified atom stereocenters. The Bertz CT molecular complexity index is 1030. The van der Waals surface area contributed by atoms with Crippen LogP contribution in [0.25, 0.3) is 5.69 Å². The maximum absolute atomic E-state index is 12.6. The molecule has 0 atom stereocenters. The Labute approximate surface area is 158 Å². The summed E-state index contributed by atoms with van der Waals surface area (Å²) < 4.78 is 26.6. The summed E-state index contributed by atoms with van der Waals surface area (Å²) in [5, 5.41) is 4.33. The molecule has 0 spiro atoms. The topological polar surface area (TPSA) is 84.3 Å². The Hall–Kier alpha value is -3.13. The maximum Gasteiger partial charge on any atom is 0.253 e. The van der Waals surface area contributed by atoms with Gasteiger partial charge in [0.05, 0.1) is 18.1 Å². The summed E-state index contributed by atoms with van der Waals surface area (Å²) >= 11 is 0. The van der Waals surface area contributed by atoms with E-state index in [0.717, 1.165) is 17.5 Å². The average Bonchev–Trinajstić information content (AvgIpc) is 3.09. The van der Waals surface area contributed by atoms with Gasteiger partial charge in [-0.1, -0.05) is 18.2 Å². The first kappa shape index (κ1) is 18.7. The molecule has 1 heterocycles. The van der Waals surface area contributed by atoms with Crippen molar-refractivity contribution in [2.24, 2.45) is 0 Å². The number of anilines is 1. The number of sulfonamides is 1. The molecule has 7 nitrogen and oxygen atoms in total. The molecule has 0 radical (unpaired) electrons. The molecule has 1 aromatic heterocycles. The van der Waals surface area contributed by atoms with Gasteiger partial charge in [-0.25, -0.2) is 13.1 Å². The molecule has 1 amide bonds. The number of carbonyl (C=O) groups is 1. The van der Waals surface area contributed by atoms with Gasteiger partial charge >= 0.3 is 0 Å². The third-order valence-electron chi connectivity index (χ3n) is 3.86. The van der Waals surface area contributed by atoms with Gasteiger partial charge in [-0.2, -0.15) is 5.10 Å². The van der Waals surface area contributed by atoms with Gasteiger partial charge in [-0.3, -0.25) is 9.52 Å². The predicted molar refractivity (Wildman–Crippen MR) is 104 cm³/mol. The number of benzene rings is 2. The van der Waals surface area contributed by atoms with Crippen molar-refractivity contribution >= 4 is 21.6 Å². The molecule has 140 valence electrons. The molecule has 0 bridgehead atoms. The van der Waals surface area contributed by atoms with Crippen LogP contribution in [-0.4, -0.2) is 42.3 Å². The minimum Gasteiger partial charge on any atom is -0.337 e. The quantitative estimate of drug-likeness (QED) is 0.708. The zero-order valence-electron chi connectivity index (χ0n) is 15.0. The molecule has 3 rings (SSSR count). The standard InChI is InChI=1S/C19H20N4O3S/c1-22(13-15-12-20-23(14-15)18-6-4-3-5-7-18)19(24)16-8-10-17(11-9-16)21-27(2,25)26/h3-12,14,21H,13H2,1-2H3. The van der Waals surface area contributed by atoms with Crippen LogP contribution < -0.4 is 4.72 Å². The Balaban J connectivity index is 1.66. The second-order valence-corrected chi connectivity index (χ2v) is 7.99. The zero-order valence-corrected chi connectivity index (χ0v) is 15.8. The summed E-state index contributed by atoms with van der Waals surface area (Å²) in [5.74, 6) is -0.159. The highest BCUT2D eigenvalue weighted by molar-refractivity contribution is 7.92. The predicted octanol–water partition coefficient (Wildman–Crippen LogP) is 2.52. The van der Waals surface area contributed by atoms with Crippen LogP contribution >= 0.6 is 0 Å². The van der Waals surface area contributed by atoms with E-state index in [0.29, 0.717) is 17.8 Å². The van der Waals surface area contributed by atoms with E-state index in [1.807, 2.05) is 36.5 Å². The Morgan fingerprint density at radius 1 is 1.11 bits per heavy atom. The minimum absolute atomic E-state index is 0.159. The van der Waals surface area contributed by atoms with Gasteiger partial charge in [-0.15, -0.1) is 0 Å². The van der Waals surface area contributed by atoms with Gasteiger partial charge in [-0.05, 0) is 36.4 Å². The molecule has 0 saturated heterocycles. The summed E-state index contributed by atoms with van der Waals surface area (Å²) in [4.78, 5) is 14.2. The van der Waals surface area contributed by atoms with E-state index in [9.17, 15) is 13.2 Å². The Morgan fingerprint density at radius 3 is 2.41 bits per heavy atom. The molecule has 0 aliphatic rings. The number of carbonyl (C=O) groups excluding carboxylic acids is 1. The number of para-hydroxylation sites is 1. The van der Waals surface area contributed by atoms with E-state index < -0.39 is 10.0 Å². The van der Waals surface area contributed by atoms with Crippen LogP contribution in [0.1, 0.15) is 15.9 Å². The second-order valence-electron chi connectivity index (χ2n) is 6.24. The van der Waals surface area contributed by atoms with Gasteiger partial charge in [0.25, 0.3) is 5.91 Å². The number of hydrogen-bond acceptors (Lipinski definition) is 4. The maximum atomic E-state index is 12.6. The van der Waals surface area contributed by atoms with Crippen molar-refractivity contribution in [3.05, 3.63) is 78.1 Å². The van der Waals surface area contributed by atoms with Gasteiger partial charge in [0.15, 0.2) is 0 Å². The fraction of sp³-hybridized carbons (Fsp3) is 0.158. The molecule has 0 fully saturated rings. The number of aromatic nitrogens is 2. The smallest absolute Gasteiger partial charge is 0.253 e. The van der Waals surface area contributed by atoms with E-state index in [-0.39, 0.29) is 5.91 Å². The van der Waals surface area contributed by atoms with Gasteiger partial charge in [0.1, 0.15) is 0 Å². The highest BCUT2D eigenvalue weighted by Gasteiger charge is 2.13. The summed E-state index contributed by atoms with van der Waals surface area (Å²) in [6.07, 6.45) is 4.70. The molecule has 3 aromatic rings. The molecule has 27 heavy (non-hydrogen) atoms. The van der Waals surface area contributed by atoms with Gasteiger partial charge in [0, 0.05) is 36.6 Å². The van der Waals surface area contributed by atoms with Crippen molar-refractivity contribution < 1.29 is 13.2 Å². The Kier molecular flexibility index (Phi) is 5.27. The lowest BCUT2D eigenvalue weighted by molar-refractivity contribution is 0.0785. The number of hydrogen-bond donors (Lipinski definition) is 1. The van der Waals surface area contributed by atoms with Crippen LogP contribution in [0.3, 0.4) is 0 Å². The van der Waals surface area contributed by atoms with E-state index in [2.05, 4.69) is 9.82 Å². The van der Waals surface area contributed by atoms with Crippen molar-refractivity contribution in [1.29, 1.82) is 0 Å². The summed E-state index contributed by atoms with van der Waals surface area (Å²) in [7, 11) is -1.63. The van der Waals surface area contributed by atoms with E-state index in [1.54, 1.807) is 47.1 Å². The van der Waals surface area contributed by atoms with E-state index in [4.69, 9.17) is 0 Å². The summed E-state index contributed by atoms with van der Waals surface area (Å²) in [6, 6.07) is 16.1. The van der Waals surface area contributed by atoms with Crippen molar-refractivity contribution in [1.82, 2.24) is 14.7 Å². The van der Waals surface area contributed by atoms with Crippen LogP contribution in [-0.2, 0) is 16.6 Å². The van der Waals surface area contributed by atoms with Crippen LogP contribution in [0.4, 0.5) is 5.69 Å². The lowest BCUT2D eigenvalue weighted by Gasteiger charge is -2.16. The monoisotopic (exact) mass is 384 g/mol. The van der Waals surface area contributed by atoms with Crippen LogP contribution in [0.15, 0.2) is 67.0 Å². The first-order valence-electron chi connectivity index (χ1n) is 8.24. The van der Waals surface area contributed by atoms with Gasteiger partial charge in [0.2, 0.25) is 10.0 Å². The second kappa shape index (κ2) is 7.63. The number of nitrogens with one attached hydrogen (secondary N) is 1. The minimum atomic E-state index is -3.34. The first-order chi connectivity index (χ1) is 12.8. The molecule has 2 aromatic carbocycles. The third-order valence-corrected chi connectivity index (χ3v) is 4.46. The molecule has 1 N–H and O–H groups in total. The normalized spacial score (nSPS) is 11.2. The molecule has 0 saturated carbocycles. The molecular formula is C19H20N4O3S. The van der Waals surface area contributed by atoms with Gasteiger partial charge < -0.3 is 4.90 Å². The van der Waals surface area contributed by atoms with Crippen molar-refractivity contribution in [2.45, 2.75) is 6.54 Å². The summed E-state index contributed by atoms with van der Waals surface area (Å²) in [6.45, 7) is 0.412. The highest BCUT2D eigenvalue weighted by atomic mass is 32.2. The largest absolute Gasteiger partial charge is 0.337 e. The van der Waals surface area contributed by atoms with Crippen LogP contribution in [0.2, 0.25) is 0 Å². The fourth-order valence-electron chi connectivity index (χ4n) is 2.62. The number of rotatable bonds is 6. The molecule has 0 aliphatic carbocycles. The van der Waals surface area contributed by atoms with Crippen molar-refractivity contribution in [3.8, 4) is 5.69 Å². The zero-order chi connectivity index (χ0) is 19.4. The van der Waals surface area contributed by atoms with E-state index in [1.165, 1.54) is 0 Å². The fourth-order valence-corrected chi connectivity index (χ4v) is 3.19.